The summed E-state index contributed by atoms with van der Waals surface area (Å²) in [6.45, 7) is 2.37. The van der Waals surface area contributed by atoms with Gasteiger partial charge in [0.1, 0.15) is 0 Å². The zero-order valence-corrected chi connectivity index (χ0v) is 12.4. The van der Waals surface area contributed by atoms with Crippen molar-refractivity contribution in [2.75, 3.05) is 13.6 Å². The zero-order chi connectivity index (χ0) is 17.0. The van der Waals surface area contributed by atoms with Gasteiger partial charge in [-0.1, -0.05) is 17.3 Å². The minimum Gasteiger partial charge on any atom is -0.350 e. The first-order chi connectivity index (χ1) is 10.8. The summed E-state index contributed by atoms with van der Waals surface area (Å²) in [6.07, 6.45) is -4.69. The molecule has 0 fully saturated rings. The van der Waals surface area contributed by atoms with Gasteiger partial charge in [-0.25, -0.2) is 0 Å². The molecular formula is C14H15F3N4O2. The van der Waals surface area contributed by atoms with E-state index in [0.29, 0.717) is 17.7 Å². The molecule has 1 heterocycles. The average molecular weight is 328 g/mol. The highest BCUT2D eigenvalue weighted by Crippen LogP contribution is 2.29. The summed E-state index contributed by atoms with van der Waals surface area (Å²) in [6, 6.07) is 6.01. The van der Waals surface area contributed by atoms with E-state index >= 15 is 0 Å². The van der Waals surface area contributed by atoms with Crippen LogP contribution < -0.4 is 10.6 Å². The van der Waals surface area contributed by atoms with Crippen LogP contribution in [0, 0.1) is 0 Å². The molecule has 1 aromatic carbocycles. The van der Waals surface area contributed by atoms with Crippen LogP contribution in [0.25, 0.3) is 11.4 Å². The quantitative estimate of drug-likeness (QED) is 0.878. The summed E-state index contributed by atoms with van der Waals surface area (Å²) in [7, 11) is 1.78. The Labute approximate surface area is 130 Å². The number of likely N-dealkylation sites (N-methyl/N-ethyl adjacent to an activating group) is 1. The summed E-state index contributed by atoms with van der Waals surface area (Å²) >= 11 is 0. The maximum atomic E-state index is 12.4. The molecule has 124 valence electrons. The first kappa shape index (κ1) is 16.9. The van der Waals surface area contributed by atoms with Gasteiger partial charge in [0.2, 0.25) is 5.82 Å². The fourth-order valence-corrected chi connectivity index (χ4v) is 1.68. The lowest BCUT2D eigenvalue weighted by atomic mass is 10.1. The van der Waals surface area contributed by atoms with Gasteiger partial charge < -0.3 is 15.2 Å². The number of hydrogen-bond acceptors (Lipinski definition) is 5. The predicted octanol–water partition coefficient (Wildman–Crippen LogP) is 2.09. The fourth-order valence-electron chi connectivity index (χ4n) is 1.68. The van der Waals surface area contributed by atoms with Crippen LogP contribution >= 0.6 is 0 Å². The Hall–Kier alpha value is -2.42. The molecule has 0 radical (unpaired) electrons. The molecule has 0 saturated heterocycles. The summed E-state index contributed by atoms with van der Waals surface area (Å²) in [5.74, 6) is -1.87. The van der Waals surface area contributed by atoms with E-state index in [0.717, 1.165) is 0 Å². The first-order valence-electron chi connectivity index (χ1n) is 6.78. The van der Waals surface area contributed by atoms with Crippen LogP contribution in [0.3, 0.4) is 0 Å². The molecule has 0 aliphatic carbocycles. The van der Waals surface area contributed by atoms with Crippen molar-refractivity contribution in [3.05, 3.63) is 35.7 Å². The van der Waals surface area contributed by atoms with Gasteiger partial charge in [-0.15, -0.1) is 0 Å². The summed E-state index contributed by atoms with van der Waals surface area (Å²) in [5, 5.41) is 9.00. The van der Waals surface area contributed by atoms with Crippen LogP contribution in [0.5, 0.6) is 0 Å². The number of alkyl halides is 3. The molecular weight excluding hydrogens is 313 g/mol. The van der Waals surface area contributed by atoms with E-state index in [2.05, 4.69) is 25.3 Å². The molecule has 0 aliphatic rings. The third kappa shape index (κ3) is 4.28. The fraction of sp³-hybridized carbons (Fsp3) is 0.357. The van der Waals surface area contributed by atoms with Crippen molar-refractivity contribution in [2.45, 2.75) is 19.1 Å². The van der Waals surface area contributed by atoms with Gasteiger partial charge in [-0.2, -0.15) is 18.2 Å². The third-order valence-electron chi connectivity index (χ3n) is 3.14. The van der Waals surface area contributed by atoms with Crippen molar-refractivity contribution < 1.29 is 22.5 Å². The van der Waals surface area contributed by atoms with Crippen LogP contribution in [0.4, 0.5) is 13.2 Å². The maximum absolute atomic E-state index is 12.4. The summed E-state index contributed by atoms with van der Waals surface area (Å²) < 4.78 is 41.4. The number of halogens is 3. The number of nitrogens with one attached hydrogen (secondary N) is 2. The third-order valence-corrected chi connectivity index (χ3v) is 3.14. The number of hydrogen-bond donors (Lipinski definition) is 2. The van der Waals surface area contributed by atoms with Crippen LogP contribution in [-0.4, -0.2) is 35.7 Å². The topological polar surface area (TPSA) is 80.0 Å². The van der Waals surface area contributed by atoms with E-state index in [1.165, 1.54) is 24.3 Å². The number of aromatic nitrogens is 2. The van der Waals surface area contributed by atoms with Gasteiger partial charge in [0.05, 0.1) is 0 Å². The van der Waals surface area contributed by atoms with Crippen molar-refractivity contribution >= 4 is 5.91 Å². The number of nitrogens with zero attached hydrogens (tertiary/aromatic N) is 2. The molecule has 0 spiro atoms. The van der Waals surface area contributed by atoms with Gasteiger partial charge in [-0.3, -0.25) is 4.79 Å². The second kappa shape index (κ2) is 6.78. The minimum absolute atomic E-state index is 0.123. The van der Waals surface area contributed by atoms with E-state index in [9.17, 15) is 18.0 Å². The largest absolute Gasteiger partial charge is 0.471 e. The lowest BCUT2D eigenvalue weighted by Gasteiger charge is -2.11. The second-order valence-electron chi connectivity index (χ2n) is 4.90. The Morgan fingerprint density at radius 2 is 1.96 bits per heavy atom. The molecule has 23 heavy (non-hydrogen) atoms. The van der Waals surface area contributed by atoms with Gasteiger partial charge >= 0.3 is 12.1 Å². The molecule has 1 aromatic heterocycles. The van der Waals surface area contributed by atoms with E-state index < -0.39 is 12.1 Å². The number of carbonyl (C=O) groups excluding carboxylic acids is 1. The number of carbonyl (C=O) groups is 1. The molecule has 9 heteroatoms. The van der Waals surface area contributed by atoms with Crippen LogP contribution in [-0.2, 0) is 6.18 Å². The highest BCUT2D eigenvalue weighted by atomic mass is 19.4. The number of amides is 1. The van der Waals surface area contributed by atoms with Crippen LogP contribution in [0.15, 0.2) is 28.8 Å². The van der Waals surface area contributed by atoms with Crippen LogP contribution in [0.1, 0.15) is 23.2 Å². The smallest absolute Gasteiger partial charge is 0.350 e. The molecule has 2 N–H and O–H groups in total. The normalized spacial score (nSPS) is 12.9. The van der Waals surface area contributed by atoms with Crippen molar-refractivity contribution in [3.63, 3.8) is 0 Å². The lowest BCUT2D eigenvalue weighted by Crippen LogP contribution is -2.37. The van der Waals surface area contributed by atoms with Gasteiger partial charge in [0.15, 0.2) is 0 Å². The lowest BCUT2D eigenvalue weighted by molar-refractivity contribution is -0.159. The van der Waals surface area contributed by atoms with E-state index in [4.69, 9.17) is 0 Å². The predicted molar refractivity (Wildman–Crippen MR) is 75.6 cm³/mol. The van der Waals surface area contributed by atoms with Crippen LogP contribution in [0.2, 0.25) is 0 Å². The minimum atomic E-state index is -4.69. The molecule has 6 nitrogen and oxygen atoms in total. The molecule has 0 saturated carbocycles. The summed E-state index contributed by atoms with van der Waals surface area (Å²) in [5.41, 5.74) is 0.709. The Morgan fingerprint density at radius 1 is 1.30 bits per heavy atom. The Balaban J connectivity index is 2.07. The number of benzene rings is 1. The zero-order valence-electron chi connectivity index (χ0n) is 12.4. The Kier molecular flexibility index (Phi) is 4.99. The van der Waals surface area contributed by atoms with Gasteiger partial charge in [0, 0.05) is 23.7 Å². The average Bonchev–Trinajstić information content (AvgIpc) is 3.02. The summed E-state index contributed by atoms with van der Waals surface area (Å²) in [4.78, 5) is 15.2. The van der Waals surface area contributed by atoms with Gasteiger partial charge in [0.25, 0.3) is 5.91 Å². The highest BCUT2D eigenvalue weighted by molar-refractivity contribution is 5.94. The molecule has 0 bridgehead atoms. The molecule has 2 aromatic rings. The Bertz CT molecular complexity index is 667. The molecule has 2 rings (SSSR count). The highest BCUT2D eigenvalue weighted by Gasteiger charge is 2.38. The monoisotopic (exact) mass is 328 g/mol. The van der Waals surface area contributed by atoms with Crippen molar-refractivity contribution in [1.82, 2.24) is 20.8 Å². The van der Waals surface area contributed by atoms with E-state index in [1.54, 1.807) is 7.05 Å². The van der Waals surface area contributed by atoms with E-state index in [-0.39, 0.29) is 17.8 Å². The van der Waals surface area contributed by atoms with E-state index in [1.807, 2.05) is 6.92 Å². The SMILES string of the molecule is CNC(C)CNC(=O)c1ccc(-c2noc(C(F)(F)F)n2)cc1. The van der Waals surface area contributed by atoms with Crippen molar-refractivity contribution in [1.29, 1.82) is 0 Å². The standard InChI is InChI=1S/C14H15F3N4O2/c1-8(18-2)7-19-12(22)10-5-3-9(4-6-10)11-20-13(23-21-11)14(15,16)17/h3-6,8,18H,7H2,1-2H3,(H,19,22). The molecule has 1 unspecified atom stereocenters. The molecule has 1 amide bonds. The Morgan fingerprint density at radius 3 is 2.48 bits per heavy atom. The second-order valence-corrected chi connectivity index (χ2v) is 4.90. The number of rotatable bonds is 5. The first-order valence-corrected chi connectivity index (χ1v) is 6.78. The van der Waals surface area contributed by atoms with Gasteiger partial charge in [-0.05, 0) is 26.1 Å². The molecule has 0 aliphatic heterocycles. The van der Waals surface area contributed by atoms with Crippen molar-refractivity contribution in [3.8, 4) is 11.4 Å². The van der Waals surface area contributed by atoms with Crippen molar-refractivity contribution in [2.24, 2.45) is 0 Å². The molecule has 1 atom stereocenters. The maximum Gasteiger partial charge on any atom is 0.471 e.